The molecule has 1 N–H and O–H groups in total. The molecule has 0 aliphatic carbocycles. The Kier molecular flexibility index (Phi) is 5.95. The lowest BCUT2D eigenvalue weighted by Crippen LogP contribution is -2.29. The first-order chi connectivity index (χ1) is 10.1. The molecule has 0 bridgehead atoms. The van der Waals surface area contributed by atoms with Crippen LogP contribution in [0.4, 0.5) is 4.39 Å². The summed E-state index contributed by atoms with van der Waals surface area (Å²) in [5, 5.41) is 3.47. The highest BCUT2D eigenvalue weighted by Crippen LogP contribution is 2.28. The van der Waals surface area contributed by atoms with Crippen LogP contribution in [0.15, 0.2) is 53.0 Å². The summed E-state index contributed by atoms with van der Waals surface area (Å²) in [6, 6.07) is 15.6. The Morgan fingerprint density at radius 2 is 1.71 bits per heavy atom. The molecule has 1 atom stereocenters. The van der Waals surface area contributed by atoms with Gasteiger partial charge < -0.3 is 5.32 Å². The highest BCUT2D eigenvalue weighted by molar-refractivity contribution is 9.10. The Balaban J connectivity index is 2.24. The predicted octanol–water partition coefficient (Wildman–Crippen LogP) is 4.91. The summed E-state index contributed by atoms with van der Waals surface area (Å²) >= 11 is 3.61. The number of hydrogen-bond acceptors (Lipinski definition) is 1. The Bertz CT molecular complexity index is 583. The van der Waals surface area contributed by atoms with Gasteiger partial charge in [0, 0.05) is 23.0 Å². The van der Waals surface area contributed by atoms with Crippen LogP contribution >= 0.6 is 15.9 Å². The molecule has 0 fully saturated rings. The van der Waals surface area contributed by atoms with Gasteiger partial charge in [0.25, 0.3) is 0 Å². The van der Waals surface area contributed by atoms with Crippen LogP contribution in [0.1, 0.15) is 30.9 Å². The third-order valence-electron chi connectivity index (χ3n) is 3.54. The van der Waals surface area contributed by atoms with Crippen LogP contribution in [0.5, 0.6) is 0 Å². The van der Waals surface area contributed by atoms with E-state index in [1.54, 1.807) is 6.07 Å². The van der Waals surface area contributed by atoms with E-state index in [4.69, 9.17) is 0 Å². The van der Waals surface area contributed by atoms with E-state index in [0.717, 1.165) is 16.6 Å². The van der Waals surface area contributed by atoms with Gasteiger partial charge in [-0.2, -0.15) is 0 Å². The second-order valence-corrected chi connectivity index (χ2v) is 6.43. The van der Waals surface area contributed by atoms with Crippen LogP contribution in [0.2, 0.25) is 0 Å². The maximum Gasteiger partial charge on any atom is 0.126 e. The number of benzene rings is 2. The van der Waals surface area contributed by atoms with Crippen molar-refractivity contribution in [1.82, 2.24) is 5.32 Å². The Morgan fingerprint density at radius 3 is 2.38 bits per heavy atom. The quantitative estimate of drug-likeness (QED) is 0.780. The summed E-state index contributed by atoms with van der Waals surface area (Å²) in [4.78, 5) is 0. The molecule has 0 heterocycles. The maximum absolute atomic E-state index is 13.9. The Hall–Kier alpha value is -1.19. The molecule has 2 aromatic rings. The van der Waals surface area contributed by atoms with Crippen molar-refractivity contribution in [3.63, 3.8) is 0 Å². The smallest absolute Gasteiger partial charge is 0.126 e. The number of halogens is 2. The second kappa shape index (κ2) is 7.71. The average Bonchev–Trinajstić information content (AvgIpc) is 2.46. The van der Waals surface area contributed by atoms with E-state index in [1.807, 2.05) is 30.3 Å². The minimum atomic E-state index is -0.126. The molecule has 0 saturated carbocycles. The van der Waals surface area contributed by atoms with Crippen LogP contribution in [0.25, 0.3) is 0 Å². The zero-order valence-electron chi connectivity index (χ0n) is 12.4. The minimum absolute atomic E-state index is 0.126. The van der Waals surface area contributed by atoms with Gasteiger partial charge in [-0.25, -0.2) is 4.39 Å². The highest BCUT2D eigenvalue weighted by Gasteiger charge is 2.17. The SMILES string of the molecule is CC(C)NCC(Cc1ccccc1F)c1ccccc1Br. The van der Waals surface area contributed by atoms with Gasteiger partial charge in [-0.1, -0.05) is 66.2 Å². The fourth-order valence-corrected chi connectivity index (χ4v) is 3.01. The van der Waals surface area contributed by atoms with Crippen molar-refractivity contribution in [3.05, 3.63) is 69.9 Å². The van der Waals surface area contributed by atoms with Crippen molar-refractivity contribution in [1.29, 1.82) is 0 Å². The lowest BCUT2D eigenvalue weighted by atomic mass is 9.91. The van der Waals surface area contributed by atoms with Gasteiger partial charge in [-0.3, -0.25) is 0 Å². The number of nitrogens with one attached hydrogen (secondary N) is 1. The molecule has 0 radical (unpaired) electrons. The van der Waals surface area contributed by atoms with Crippen LogP contribution in [-0.4, -0.2) is 12.6 Å². The third-order valence-corrected chi connectivity index (χ3v) is 4.26. The van der Waals surface area contributed by atoms with E-state index in [9.17, 15) is 4.39 Å². The molecule has 0 amide bonds. The molecule has 3 heteroatoms. The zero-order chi connectivity index (χ0) is 15.2. The molecule has 2 aromatic carbocycles. The van der Waals surface area contributed by atoms with Gasteiger partial charge in [0.2, 0.25) is 0 Å². The van der Waals surface area contributed by atoms with Crippen molar-refractivity contribution >= 4 is 15.9 Å². The van der Waals surface area contributed by atoms with Gasteiger partial charge >= 0.3 is 0 Å². The first-order valence-corrected chi connectivity index (χ1v) is 8.08. The fourth-order valence-electron chi connectivity index (χ4n) is 2.41. The maximum atomic E-state index is 13.9. The molecule has 0 aliphatic heterocycles. The van der Waals surface area contributed by atoms with Crippen molar-refractivity contribution < 1.29 is 4.39 Å². The van der Waals surface area contributed by atoms with Crippen LogP contribution in [0.3, 0.4) is 0 Å². The summed E-state index contributed by atoms with van der Waals surface area (Å²) in [6.07, 6.45) is 0.689. The molecule has 0 saturated heterocycles. The van der Waals surface area contributed by atoms with Crippen molar-refractivity contribution in [2.75, 3.05) is 6.54 Å². The fraction of sp³-hybridized carbons (Fsp3) is 0.333. The molecule has 0 aromatic heterocycles. The molecule has 21 heavy (non-hydrogen) atoms. The lowest BCUT2D eigenvalue weighted by Gasteiger charge is -2.21. The molecule has 0 aliphatic rings. The second-order valence-electron chi connectivity index (χ2n) is 5.58. The lowest BCUT2D eigenvalue weighted by molar-refractivity contribution is 0.516. The van der Waals surface area contributed by atoms with E-state index in [0.29, 0.717) is 12.5 Å². The monoisotopic (exact) mass is 349 g/mol. The van der Waals surface area contributed by atoms with Crippen molar-refractivity contribution in [2.24, 2.45) is 0 Å². The number of hydrogen-bond donors (Lipinski definition) is 1. The van der Waals surface area contributed by atoms with Gasteiger partial charge in [0.05, 0.1) is 0 Å². The first-order valence-electron chi connectivity index (χ1n) is 7.29. The van der Waals surface area contributed by atoms with E-state index < -0.39 is 0 Å². The Labute approximate surface area is 134 Å². The summed E-state index contributed by atoms with van der Waals surface area (Å²) in [7, 11) is 0. The topological polar surface area (TPSA) is 12.0 Å². The van der Waals surface area contributed by atoms with Gasteiger partial charge in [0.15, 0.2) is 0 Å². The standard InChI is InChI=1S/C18H21BrFN/c1-13(2)21-12-15(16-8-4-5-9-17(16)19)11-14-7-3-6-10-18(14)20/h3-10,13,15,21H,11-12H2,1-2H3. The summed E-state index contributed by atoms with van der Waals surface area (Å²) < 4.78 is 15.0. The molecule has 0 spiro atoms. The van der Waals surface area contributed by atoms with Gasteiger partial charge in [-0.05, 0) is 29.7 Å². The molecular weight excluding hydrogens is 329 g/mol. The molecule has 112 valence electrons. The predicted molar refractivity (Wildman–Crippen MR) is 90.1 cm³/mol. The summed E-state index contributed by atoms with van der Waals surface area (Å²) in [6.45, 7) is 5.08. The van der Waals surface area contributed by atoms with Gasteiger partial charge in [0.1, 0.15) is 5.82 Å². The van der Waals surface area contributed by atoms with Crippen LogP contribution in [0, 0.1) is 5.82 Å². The van der Waals surface area contributed by atoms with Crippen molar-refractivity contribution in [2.45, 2.75) is 32.2 Å². The highest BCUT2D eigenvalue weighted by atomic mass is 79.9. The van der Waals surface area contributed by atoms with Crippen LogP contribution < -0.4 is 5.32 Å². The number of rotatable bonds is 6. The van der Waals surface area contributed by atoms with Crippen LogP contribution in [-0.2, 0) is 6.42 Å². The van der Waals surface area contributed by atoms with Crippen molar-refractivity contribution in [3.8, 4) is 0 Å². The van der Waals surface area contributed by atoms with E-state index >= 15 is 0 Å². The molecule has 2 rings (SSSR count). The normalized spacial score (nSPS) is 12.6. The largest absolute Gasteiger partial charge is 0.314 e. The average molecular weight is 350 g/mol. The van der Waals surface area contributed by atoms with Gasteiger partial charge in [-0.15, -0.1) is 0 Å². The molecular formula is C18H21BrFN. The molecule has 1 unspecified atom stereocenters. The van der Waals surface area contributed by atoms with E-state index in [1.165, 1.54) is 11.6 Å². The first kappa shape index (κ1) is 16.2. The van der Waals surface area contributed by atoms with E-state index in [-0.39, 0.29) is 11.7 Å². The molecule has 1 nitrogen and oxygen atoms in total. The minimum Gasteiger partial charge on any atom is -0.314 e. The Morgan fingerprint density at radius 1 is 1.05 bits per heavy atom. The van der Waals surface area contributed by atoms with E-state index in [2.05, 4.69) is 41.2 Å². The summed E-state index contributed by atoms with van der Waals surface area (Å²) in [5.41, 5.74) is 1.98. The zero-order valence-corrected chi connectivity index (χ0v) is 14.0. The third kappa shape index (κ3) is 4.65. The summed E-state index contributed by atoms with van der Waals surface area (Å²) in [5.74, 6) is 0.110.